The zero-order valence-corrected chi connectivity index (χ0v) is 18.3. The highest BCUT2D eigenvalue weighted by Crippen LogP contribution is 2.32. The number of likely N-dealkylation sites (tertiary alicyclic amines) is 1. The van der Waals surface area contributed by atoms with E-state index in [4.69, 9.17) is 9.97 Å². The van der Waals surface area contributed by atoms with Crippen molar-refractivity contribution < 1.29 is 0 Å². The molecule has 1 aliphatic carbocycles. The maximum atomic E-state index is 4.95. The second-order valence-electron chi connectivity index (χ2n) is 9.03. The summed E-state index contributed by atoms with van der Waals surface area (Å²) in [5, 5.41) is 0. The normalized spacial score (nSPS) is 22.0. The van der Waals surface area contributed by atoms with Crippen LogP contribution in [-0.4, -0.2) is 64.4 Å². The lowest BCUT2D eigenvalue weighted by atomic mass is 9.91. The summed E-state index contributed by atoms with van der Waals surface area (Å²) in [7, 11) is 6.63. The molecular formula is C24H32N6. The van der Waals surface area contributed by atoms with Gasteiger partial charge in [-0.3, -0.25) is 14.3 Å². The van der Waals surface area contributed by atoms with Crippen LogP contribution in [0.5, 0.6) is 0 Å². The van der Waals surface area contributed by atoms with E-state index in [0.29, 0.717) is 12.1 Å². The van der Waals surface area contributed by atoms with E-state index < -0.39 is 0 Å². The zero-order valence-electron chi connectivity index (χ0n) is 18.3. The molecule has 5 rings (SSSR count). The number of likely N-dealkylation sites (N-methyl/N-ethyl adjacent to an activating group) is 2. The van der Waals surface area contributed by atoms with Crippen molar-refractivity contribution in [3.05, 3.63) is 59.7 Å². The van der Waals surface area contributed by atoms with Gasteiger partial charge in [0.2, 0.25) is 0 Å². The van der Waals surface area contributed by atoms with Crippen LogP contribution in [0.15, 0.2) is 42.7 Å². The SMILES string of the molecule is CN1CCC(N(C)c2cccc3nc(CN(C)[C@H]4CCCc5cccnc54)cn23)C1. The van der Waals surface area contributed by atoms with Gasteiger partial charge >= 0.3 is 0 Å². The molecule has 0 radical (unpaired) electrons. The van der Waals surface area contributed by atoms with Gasteiger partial charge in [-0.2, -0.15) is 0 Å². The minimum Gasteiger partial charge on any atom is -0.356 e. The smallest absolute Gasteiger partial charge is 0.138 e. The first-order chi connectivity index (χ1) is 14.6. The Morgan fingerprint density at radius 3 is 2.87 bits per heavy atom. The number of rotatable bonds is 5. The van der Waals surface area contributed by atoms with Crippen LogP contribution in [0.3, 0.4) is 0 Å². The van der Waals surface area contributed by atoms with Crippen molar-refractivity contribution in [2.45, 2.75) is 44.3 Å². The van der Waals surface area contributed by atoms with Gasteiger partial charge < -0.3 is 9.80 Å². The third-order valence-corrected chi connectivity index (χ3v) is 6.90. The quantitative estimate of drug-likeness (QED) is 0.652. The third kappa shape index (κ3) is 3.59. The predicted molar refractivity (Wildman–Crippen MR) is 121 cm³/mol. The number of hydrogen-bond acceptors (Lipinski definition) is 5. The monoisotopic (exact) mass is 404 g/mol. The molecule has 2 aliphatic rings. The van der Waals surface area contributed by atoms with E-state index >= 15 is 0 Å². The maximum absolute atomic E-state index is 4.95. The summed E-state index contributed by atoms with van der Waals surface area (Å²) in [6, 6.07) is 11.7. The highest BCUT2D eigenvalue weighted by molar-refractivity contribution is 5.53. The molecule has 0 N–H and O–H groups in total. The summed E-state index contributed by atoms with van der Waals surface area (Å²) < 4.78 is 2.26. The van der Waals surface area contributed by atoms with Crippen LogP contribution in [0, 0.1) is 0 Å². The number of fused-ring (bicyclic) bond motifs is 2. The van der Waals surface area contributed by atoms with Gasteiger partial charge in [-0.15, -0.1) is 0 Å². The fourth-order valence-electron chi connectivity index (χ4n) is 5.20. The largest absolute Gasteiger partial charge is 0.356 e. The molecule has 1 aliphatic heterocycles. The fraction of sp³-hybridized carbons (Fsp3) is 0.500. The van der Waals surface area contributed by atoms with E-state index in [1.807, 2.05) is 6.20 Å². The van der Waals surface area contributed by atoms with E-state index in [-0.39, 0.29) is 0 Å². The molecule has 1 unspecified atom stereocenters. The minimum atomic E-state index is 0.371. The average molecular weight is 405 g/mol. The lowest BCUT2D eigenvalue weighted by molar-refractivity contribution is 0.206. The van der Waals surface area contributed by atoms with Crippen LogP contribution in [0.2, 0.25) is 0 Å². The molecule has 4 heterocycles. The Kier molecular flexibility index (Phi) is 5.21. The molecule has 6 nitrogen and oxygen atoms in total. The first kappa shape index (κ1) is 19.5. The summed E-state index contributed by atoms with van der Waals surface area (Å²) in [5.41, 5.74) is 4.79. The van der Waals surface area contributed by atoms with Crippen molar-refractivity contribution in [1.82, 2.24) is 24.2 Å². The number of anilines is 1. The highest BCUT2D eigenvalue weighted by atomic mass is 15.3. The van der Waals surface area contributed by atoms with Crippen molar-refractivity contribution in [2.75, 3.05) is 39.1 Å². The Morgan fingerprint density at radius 2 is 2.03 bits per heavy atom. The van der Waals surface area contributed by atoms with Crippen LogP contribution in [0.1, 0.15) is 42.3 Å². The third-order valence-electron chi connectivity index (χ3n) is 6.90. The maximum Gasteiger partial charge on any atom is 0.138 e. The highest BCUT2D eigenvalue weighted by Gasteiger charge is 2.27. The van der Waals surface area contributed by atoms with Gasteiger partial charge in [-0.05, 0) is 70.1 Å². The van der Waals surface area contributed by atoms with Crippen LogP contribution < -0.4 is 4.90 Å². The molecule has 30 heavy (non-hydrogen) atoms. The Labute approximate surface area is 179 Å². The lowest BCUT2D eigenvalue weighted by Crippen LogP contribution is -2.34. The van der Waals surface area contributed by atoms with Gasteiger partial charge in [-0.1, -0.05) is 12.1 Å². The topological polar surface area (TPSA) is 39.9 Å². The van der Waals surface area contributed by atoms with E-state index in [2.05, 4.69) is 76.8 Å². The van der Waals surface area contributed by atoms with Crippen molar-refractivity contribution in [1.29, 1.82) is 0 Å². The number of nitrogens with zero attached hydrogens (tertiary/aromatic N) is 6. The summed E-state index contributed by atoms with van der Waals surface area (Å²) >= 11 is 0. The molecule has 0 spiro atoms. The van der Waals surface area contributed by atoms with Crippen molar-refractivity contribution in [3.8, 4) is 0 Å². The van der Waals surface area contributed by atoms with Gasteiger partial charge in [0.15, 0.2) is 0 Å². The second-order valence-corrected chi connectivity index (χ2v) is 9.03. The van der Waals surface area contributed by atoms with Gasteiger partial charge in [0.05, 0.1) is 17.4 Å². The van der Waals surface area contributed by atoms with E-state index in [1.54, 1.807) is 0 Å². The van der Waals surface area contributed by atoms with Crippen molar-refractivity contribution in [3.63, 3.8) is 0 Å². The summed E-state index contributed by atoms with van der Waals surface area (Å²) in [6.45, 7) is 3.12. The number of aromatic nitrogens is 3. The Morgan fingerprint density at radius 1 is 1.13 bits per heavy atom. The summed E-state index contributed by atoms with van der Waals surface area (Å²) in [6.07, 6.45) is 8.90. The molecule has 1 fully saturated rings. The number of aryl methyl sites for hydroxylation is 1. The Balaban J connectivity index is 1.38. The lowest BCUT2D eigenvalue weighted by Gasteiger charge is -2.31. The molecule has 0 bridgehead atoms. The molecule has 6 heteroatoms. The molecule has 0 amide bonds. The molecule has 2 atom stereocenters. The van der Waals surface area contributed by atoms with E-state index in [1.165, 1.54) is 36.5 Å². The van der Waals surface area contributed by atoms with Crippen LogP contribution in [0.25, 0.3) is 5.65 Å². The van der Waals surface area contributed by atoms with E-state index in [9.17, 15) is 0 Å². The number of hydrogen-bond donors (Lipinski definition) is 0. The van der Waals surface area contributed by atoms with Gasteiger partial charge in [0, 0.05) is 38.6 Å². The van der Waals surface area contributed by atoms with Gasteiger partial charge in [-0.25, -0.2) is 4.98 Å². The molecule has 0 aromatic carbocycles. The van der Waals surface area contributed by atoms with Gasteiger partial charge in [0.25, 0.3) is 0 Å². The van der Waals surface area contributed by atoms with E-state index in [0.717, 1.165) is 37.3 Å². The van der Waals surface area contributed by atoms with Crippen LogP contribution in [-0.2, 0) is 13.0 Å². The van der Waals surface area contributed by atoms with Crippen molar-refractivity contribution >= 4 is 11.5 Å². The Hall–Kier alpha value is -2.44. The molecule has 158 valence electrons. The molecule has 1 saturated heterocycles. The second kappa shape index (κ2) is 8.00. The molecule has 0 saturated carbocycles. The van der Waals surface area contributed by atoms with Gasteiger partial charge in [0.1, 0.15) is 11.5 Å². The minimum absolute atomic E-state index is 0.371. The summed E-state index contributed by atoms with van der Waals surface area (Å²) in [5.74, 6) is 1.22. The number of pyridine rings is 2. The molecular weight excluding hydrogens is 372 g/mol. The fourth-order valence-corrected chi connectivity index (χ4v) is 5.20. The van der Waals surface area contributed by atoms with Crippen molar-refractivity contribution in [2.24, 2.45) is 0 Å². The summed E-state index contributed by atoms with van der Waals surface area (Å²) in [4.78, 5) is 16.9. The average Bonchev–Trinajstić information content (AvgIpc) is 3.38. The number of imidazole rings is 1. The molecule has 3 aromatic heterocycles. The standard InChI is InChI=1S/C24H32N6/c1-27-14-12-20(17-27)29(3)23-11-5-10-22-26-19(16-30(22)23)15-28(2)21-9-4-7-18-8-6-13-25-24(18)21/h5-6,8,10-11,13,16,20-21H,4,7,9,12,14-15,17H2,1-3H3/t20?,21-/m0/s1. The predicted octanol–water partition coefficient (Wildman–Crippen LogP) is 3.38. The molecule has 3 aromatic rings. The first-order valence-electron chi connectivity index (χ1n) is 11.1. The Bertz CT molecular complexity index is 1030. The van der Waals surface area contributed by atoms with Crippen LogP contribution >= 0.6 is 0 Å². The first-order valence-corrected chi connectivity index (χ1v) is 11.1. The zero-order chi connectivity index (χ0) is 20.7. The van der Waals surface area contributed by atoms with Crippen LogP contribution in [0.4, 0.5) is 5.82 Å².